The monoisotopic (exact) mass is 228 g/mol. The van der Waals surface area contributed by atoms with Crippen LogP contribution in [-0.4, -0.2) is 24.3 Å². The van der Waals surface area contributed by atoms with E-state index in [2.05, 4.69) is 13.0 Å². The maximum atomic E-state index is 10.3. The van der Waals surface area contributed by atoms with Crippen molar-refractivity contribution in [3.05, 3.63) is 12.2 Å². The van der Waals surface area contributed by atoms with Gasteiger partial charge in [0.25, 0.3) is 0 Å². The van der Waals surface area contributed by atoms with Crippen LogP contribution in [0.5, 0.6) is 0 Å². The fourth-order valence-corrected chi connectivity index (χ4v) is 1.51. The van der Waals surface area contributed by atoms with E-state index in [0.717, 1.165) is 12.8 Å². The van der Waals surface area contributed by atoms with Gasteiger partial charge in [-0.15, -0.1) is 0 Å². The van der Waals surface area contributed by atoms with Gasteiger partial charge in [-0.1, -0.05) is 38.3 Å². The van der Waals surface area contributed by atoms with E-state index in [1.807, 2.05) is 6.08 Å². The summed E-state index contributed by atoms with van der Waals surface area (Å²) in [6, 6.07) is 0. The topological polar surface area (TPSA) is 46.5 Å². The van der Waals surface area contributed by atoms with Crippen LogP contribution in [0.1, 0.15) is 51.9 Å². The van der Waals surface area contributed by atoms with Crippen LogP contribution in [0.2, 0.25) is 0 Å². The lowest BCUT2D eigenvalue weighted by molar-refractivity contribution is -0.137. The molecule has 0 rings (SSSR count). The van der Waals surface area contributed by atoms with E-state index in [4.69, 9.17) is 9.84 Å². The molecule has 0 aliphatic rings. The molecule has 0 saturated heterocycles. The Morgan fingerprint density at radius 1 is 1.38 bits per heavy atom. The molecule has 0 saturated carbocycles. The highest BCUT2D eigenvalue weighted by Crippen LogP contribution is 2.08. The Balaban J connectivity index is 3.58. The van der Waals surface area contributed by atoms with Gasteiger partial charge in [-0.3, -0.25) is 4.79 Å². The molecule has 0 aliphatic heterocycles. The number of carboxylic acids is 1. The van der Waals surface area contributed by atoms with Gasteiger partial charge < -0.3 is 9.84 Å². The molecule has 1 unspecified atom stereocenters. The van der Waals surface area contributed by atoms with E-state index in [1.54, 1.807) is 7.11 Å². The molecule has 3 nitrogen and oxygen atoms in total. The van der Waals surface area contributed by atoms with E-state index in [0.29, 0.717) is 6.42 Å². The SMILES string of the molecule is CCCCCC(C=CCCCC(=O)O)OC. The molecule has 16 heavy (non-hydrogen) atoms. The van der Waals surface area contributed by atoms with Crippen LogP contribution in [0.4, 0.5) is 0 Å². The number of hydrogen-bond donors (Lipinski definition) is 1. The van der Waals surface area contributed by atoms with Gasteiger partial charge in [-0.25, -0.2) is 0 Å². The molecule has 0 heterocycles. The van der Waals surface area contributed by atoms with Gasteiger partial charge in [-0.2, -0.15) is 0 Å². The largest absolute Gasteiger partial charge is 0.481 e. The predicted octanol–water partition coefficient (Wildman–Crippen LogP) is 3.39. The van der Waals surface area contributed by atoms with E-state index in [9.17, 15) is 4.79 Å². The molecule has 0 amide bonds. The van der Waals surface area contributed by atoms with Gasteiger partial charge in [-0.05, 0) is 19.3 Å². The van der Waals surface area contributed by atoms with Crippen LogP contribution in [0.25, 0.3) is 0 Å². The Kier molecular flexibility index (Phi) is 10.1. The molecule has 0 fully saturated rings. The van der Waals surface area contributed by atoms with Gasteiger partial charge in [0, 0.05) is 13.5 Å². The van der Waals surface area contributed by atoms with Crippen molar-refractivity contribution in [1.82, 2.24) is 0 Å². The molecule has 1 atom stereocenters. The summed E-state index contributed by atoms with van der Waals surface area (Å²) in [5.41, 5.74) is 0. The highest BCUT2D eigenvalue weighted by molar-refractivity contribution is 5.66. The van der Waals surface area contributed by atoms with Crippen LogP contribution in [0.15, 0.2) is 12.2 Å². The normalized spacial score (nSPS) is 13.1. The van der Waals surface area contributed by atoms with Gasteiger partial charge >= 0.3 is 5.97 Å². The maximum Gasteiger partial charge on any atom is 0.303 e. The smallest absolute Gasteiger partial charge is 0.303 e. The quantitative estimate of drug-likeness (QED) is 0.460. The van der Waals surface area contributed by atoms with Crippen molar-refractivity contribution in [1.29, 1.82) is 0 Å². The first-order valence-electron chi connectivity index (χ1n) is 6.12. The minimum atomic E-state index is -0.723. The zero-order valence-electron chi connectivity index (χ0n) is 10.4. The van der Waals surface area contributed by atoms with Gasteiger partial charge in [0.15, 0.2) is 0 Å². The summed E-state index contributed by atoms with van der Waals surface area (Å²) in [4.78, 5) is 10.3. The number of hydrogen-bond acceptors (Lipinski definition) is 2. The third kappa shape index (κ3) is 9.71. The predicted molar refractivity (Wildman–Crippen MR) is 65.6 cm³/mol. The second-order valence-electron chi connectivity index (χ2n) is 3.98. The molecule has 3 heteroatoms. The summed E-state index contributed by atoms with van der Waals surface area (Å²) in [6.07, 6.45) is 10.8. The second kappa shape index (κ2) is 10.7. The Labute approximate surface area is 98.5 Å². The number of carbonyl (C=O) groups is 1. The average Bonchev–Trinajstić information content (AvgIpc) is 2.26. The number of unbranched alkanes of at least 4 members (excludes halogenated alkanes) is 3. The molecule has 0 aliphatic carbocycles. The van der Waals surface area contributed by atoms with E-state index in [-0.39, 0.29) is 12.5 Å². The average molecular weight is 228 g/mol. The highest BCUT2D eigenvalue weighted by Gasteiger charge is 2.01. The van der Waals surface area contributed by atoms with Crippen molar-refractivity contribution in [2.45, 2.75) is 58.0 Å². The number of allylic oxidation sites excluding steroid dienone is 1. The maximum absolute atomic E-state index is 10.3. The Hall–Kier alpha value is -0.830. The first kappa shape index (κ1) is 15.2. The summed E-state index contributed by atoms with van der Waals surface area (Å²) in [7, 11) is 1.72. The zero-order chi connectivity index (χ0) is 12.2. The molecule has 0 spiro atoms. The fourth-order valence-electron chi connectivity index (χ4n) is 1.51. The third-order valence-corrected chi connectivity index (χ3v) is 2.51. The van der Waals surface area contributed by atoms with Crippen molar-refractivity contribution >= 4 is 5.97 Å². The molecular weight excluding hydrogens is 204 g/mol. The first-order valence-corrected chi connectivity index (χ1v) is 6.12. The van der Waals surface area contributed by atoms with Crippen molar-refractivity contribution < 1.29 is 14.6 Å². The number of aliphatic carboxylic acids is 1. The van der Waals surface area contributed by atoms with Crippen molar-refractivity contribution in [2.24, 2.45) is 0 Å². The van der Waals surface area contributed by atoms with E-state index >= 15 is 0 Å². The van der Waals surface area contributed by atoms with Gasteiger partial charge in [0.05, 0.1) is 6.10 Å². The summed E-state index contributed by atoms with van der Waals surface area (Å²) in [5.74, 6) is -0.723. The molecule has 0 radical (unpaired) electrons. The Bertz CT molecular complexity index is 199. The van der Waals surface area contributed by atoms with E-state index in [1.165, 1.54) is 19.3 Å². The minimum absolute atomic E-state index is 0.191. The molecule has 1 N–H and O–H groups in total. The lowest BCUT2D eigenvalue weighted by atomic mass is 10.1. The summed E-state index contributed by atoms with van der Waals surface area (Å²) < 4.78 is 5.32. The lowest BCUT2D eigenvalue weighted by Gasteiger charge is -2.09. The standard InChI is InChI=1S/C13H24O3/c1-3-4-6-9-12(16-2)10-7-5-8-11-13(14)15/h7,10,12H,3-6,8-9,11H2,1-2H3,(H,14,15). The van der Waals surface area contributed by atoms with Crippen LogP contribution < -0.4 is 0 Å². The molecule has 94 valence electrons. The number of rotatable bonds is 10. The minimum Gasteiger partial charge on any atom is -0.481 e. The van der Waals surface area contributed by atoms with Crippen molar-refractivity contribution in [3.8, 4) is 0 Å². The summed E-state index contributed by atoms with van der Waals surface area (Å²) in [5, 5.41) is 8.46. The second-order valence-corrected chi connectivity index (χ2v) is 3.98. The lowest BCUT2D eigenvalue weighted by Crippen LogP contribution is -2.06. The van der Waals surface area contributed by atoms with E-state index < -0.39 is 5.97 Å². The van der Waals surface area contributed by atoms with Crippen molar-refractivity contribution in [2.75, 3.05) is 7.11 Å². The molecular formula is C13H24O3. The number of ether oxygens (including phenoxy) is 1. The van der Waals surface area contributed by atoms with Gasteiger partial charge in [0.2, 0.25) is 0 Å². The van der Waals surface area contributed by atoms with Crippen LogP contribution in [-0.2, 0) is 9.53 Å². The number of methoxy groups -OCH3 is 1. The van der Waals surface area contributed by atoms with Gasteiger partial charge in [0.1, 0.15) is 0 Å². The zero-order valence-corrected chi connectivity index (χ0v) is 10.4. The van der Waals surface area contributed by atoms with Crippen LogP contribution in [0, 0.1) is 0 Å². The molecule has 0 aromatic rings. The number of carboxylic acid groups (broad SMARTS) is 1. The summed E-state index contributed by atoms with van der Waals surface area (Å²) in [6.45, 7) is 2.18. The fraction of sp³-hybridized carbons (Fsp3) is 0.769. The Morgan fingerprint density at radius 3 is 2.69 bits per heavy atom. The highest BCUT2D eigenvalue weighted by atomic mass is 16.5. The third-order valence-electron chi connectivity index (χ3n) is 2.51. The van der Waals surface area contributed by atoms with Crippen LogP contribution >= 0.6 is 0 Å². The molecule has 0 bridgehead atoms. The molecule has 0 aromatic heterocycles. The first-order chi connectivity index (χ1) is 7.70. The van der Waals surface area contributed by atoms with Crippen LogP contribution in [0.3, 0.4) is 0 Å². The molecule has 0 aromatic carbocycles. The van der Waals surface area contributed by atoms with Crippen molar-refractivity contribution in [3.63, 3.8) is 0 Å². The Morgan fingerprint density at radius 2 is 2.12 bits per heavy atom. The summed E-state index contributed by atoms with van der Waals surface area (Å²) >= 11 is 0.